The zero-order valence-electron chi connectivity index (χ0n) is 10.2. The van der Waals surface area contributed by atoms with Gasteiger partial charge in [0.15, 0.2) is 0 Å². The summed E-state index contributed by atoms with van der Waals surface area (Å²) in [4.78, 5) is 12.7. The van der Waals surface area contributed by atoms with E-state index in [1.165, 1.54) is 0 Å². The van der Waals surface area contributed by atoms with E-state index in [0.717, 1.165) is 5.69 Å². The quantitative estimate of drug-likeness (QED) is 0.915. The molecule has 19 heavy (non-hydrogen) atoms. The van der Waals surface area contributed by atoms with E-state index in [4.69, 9.17) is 26.7 Å². The number of nitrogens with zero attached hydrogens (tertiary/aromatic N) is 2. The molecule has 1 fully saturated rings. The fraction of sp³-hybridized carbons (Fsp3) is 0.385. The van der Waals surface area contributed by atoms with Crippen molar-refractivity contribution in [2.24, 2.45) is 0 Å². The van der Waals surface area contributed by atoms with Crippen LogP contribution in [0.3, 0.4) is 0 Å². The van der Waals surface area contributed by atoms with Crippen molar-refractivity contribution >= 4 is 23.3 Å². The number of carbonyl (C=O) groups is 1. The van der Waals surface area contributed by atoms with E-state index in [0.29, 0.717) is 30.3 Å². The van der Waals surface area contributed by atoms with E-state index in [2.05, 4.69) is 0 Å². The highest BCUT2D eigenvalue weighted by Gasteiger charge is 2.24. The lowest BCUT2D eigenvalue weighted by Crippen LogP contribution is -2.43. The van der Waals surface area contributed by atoms with Gasteiger partial charge in [-0.15, -0.1) is 0 Å². The predicted molar refractivity (Wildman–Crippen MR) is 70.4 cm³/mol. The molecule has 1 saturated heterocycles. The van der Waals surface area contributed by atoms with Gasteiger partial charge in [-0.2, -0.15) is 5.26 Å². The maximum atomic E-state index is 10.7. The van der Waals surface area contributed by atoms with Crippen LogP contribution in [0.25, 0.3) is 0 Å². The highest BCUT2D eigenvalue weighted by atomic mass is 35.5. The first-order valence-electron chi connectivity index (χ1n) is 5.88. The van der Waals surface area contributed by atoms with Crippen LogP contribution in [0.2, 0.25) is 5.02 Å². The first-order valence-corrected chi connectivity index (χ1v) is 6.26. The minimum Gasteiger partial charge on any atom is -0.481 e. The van der Waals surface area contributed by atoms with Gasteiger partial charge >= 0.3 is 5.97 Å². The van der Waals surface area contributed by atoms with Crippen LogP contribution < -0.4 is 4.90 Å². The summed E-state index contributed by atoms with van der Waals surface area (Å²) in [5.41, 5.74) is 1.31. The molecule has 1 aromatic carbocycles. The molecule has 2 rings (SSSR count). The number of hydrogen-bond acceptors (Lipinski definition) is 4. The second-order valence-electron chi connectivity index (χ2n) is 4.31. The van der Waals surface area contributed by atoms with E-state index in [9.17, 15) is 4.79 Å². The third-order valence-corrected chi connectivity index (χ3v) is 3.26. The van der Waals surface area contributed by atoms with E-state index in [-0.39, 0.29) is 12.5 Å². The number of ether oxygens (including phenoxy) is 1. The fourth-order valence-corrected chi connectivity index (χ4v) is 2.39. The van der Waals surface area contributed by atoms with Crippen molar-refractivity contribution in [3.8, 4) is 6.07 Å². The summed E-state index contributed by atoms with van der Waals surface area (Å²) in [6, 6.07) is 7.12. The van der Waals surface area contributed by atoms with E-state index in [1.807, 2.05) is 11.0 Å². The summed E-state index contributed by atoms with van der Waals surface area (Å²) >= 11 is 6.15. The van der Waals surface area contributed by atoms with Crippen molar-refractivity contribution in [2.75, 3.05) is 24.6 Å². The Hall–Kier alpha value is -1.77. The van der Waals surface area contributed by atoms with Crippen LogP contribution >= 0.6 is 11.6 Å². The van der Waals surface area contributed by atoms with Gasteiger partial charge in [-0.05, 0) is 18.2 Å². The minimum absolute atomic E-state index is 0.0234. The summed E-state index contributed by atoms with van der Waals surface area (Å²) in [6.45, 7) is 1.61. The summed E-state index contributed by atoms with van der Waals surface area (Å²) in [5, 5.41) is 18.1. The van der Waals surface area contributed by atoms with Gasteiger partial charge in [0.05, 0.1) is 41.5 Å². The van der Waals surface area contributed by atoms with Gasteiger partial charge in [-0.1, -0.05) is 11.6 Å². The number of halogens is 1. The number of benzene rings is 1. The fourth-order valence-electron chi connectivity index (χ4n) is 2.09. The summed E-state index contributed by atoms with van der Waals surface area (Å²) in [7, 11) is 0. The van der Waals surface area contributed by atoms with Crippen LogP contribution in [0.15, 0.2) is 18.2 Å². The Morgan fingerprint density at radius 2 is 2.42 bits per heavy atom. The summed E-state index contributed by atoms with van der Waals surface area (Å²) < 4.78 is 5.41. The molecule has 1 N–H and O–H groups in total. The van der Waals surface area contributed by atoms with Gasteiger partial charge in [-0.3, -0.25) is 4.79 Å². The van der Waals surface area contributed by atoms with Gasteiger partial charge in [0, 0.05) is 13.1 Å². The zero-order chi connectivity index (χ0) is 13.8. The number of hydrogen-bond donors (Lipinski definition) is 1. The number of nitriles is 1. The first-order chi connectivity index (χ1) is 9.10. The van der Waals surface area contributed by atoms with Gasteiger partial charge in [0.1, 0.15) is 0 Å². The summed E-state index contributed by atoms with van der Waals surface area (Å²) in [6.07, 6.45) is -0.359. The van der Waals surface area contributed by atoms with Crippen molar-refractivity contribution in [1.82, 2.24) is 0 Å². The molecule has 1 aliphatic heterocycles. The predicted octanol–water partition coefficient (Wildman–Crippen LogP) is 1.89. The Bertz CT molecular complexity index is 527. The first kappa shape index (κ1) is 13.7. The zero-order valence-corrected chi connectivity index (χ0v) is 10.9. The molecule has 6 heteroatoms. The highest BCUT2D eigenvalue weighted by molar-refractivity contribution is 6.33. The molecule has 0 radical (unpaired) electrons. The monoisotopic (exact) mass is 280 g/mol. The molecule has 0 aromatic heterocycles. The molecule has 1 heterocycles. The smallest absolute Gasteiger partial charge is 0.306 e. The van der Waals surface area contributed by atoms with Crippen molar-refractivity contribution in [1.29, 1.82) is 5.26 Å². The van der Waals surface area contributed by atoms with Crippen molar-refractivity contribution < 1.29 is 14.6 Å². The van der Waals surface area contributed by atoms with Gasteiger partial charge in [-0.25, -0.2) is 0 Å². The molecule has 1 atom stereocenters. The Kier molecular flexibility index (Phi) is 4.25. The van der Waals surface area contributed by atoms with Gasteiger partial charge in [0.2, 0.25) is 0 Å². The number of anilines is 1. The average Bonchev–Trinajstić information content (AvgIpc) is 2.38. The van der Waals surface area contributed by atoms with Crippen molar-refractivity contribution in [2.45, 2.75) is 12.5 Å². The van der Waals surface area contributed by atoms with Crippen LogP contribution in [0, 0.1) is 11.3 Å². The maximum absolute atomic E-state index is 10.7. The molecule has 0 amide bonds. The normalized spacial score (nSPS) is 18.9. The standard InChI is InChI=1S/C13H13ClN2O3/c14-11-5-9(7-15)1-2-12(11)16-3-4-19-10(8-16)6-13(17)18/h1-2,5,10H,3-4,6,8H2,(H,17,18). The molecule has 0 spiro atoms. The number of rotatable bonds is 3. The number of carboxylic acid groups (broad SMARTS) is 1. The molecule has 1 aromatic rings. The lowest BCUT2D eigenvalue weighted by Gasteiger charge is -2.34. The Morgan fingerprint density at radius 1 is 1.63 bits per heavy atom. The van der Waals surface area contributed by atoms with E-state index >= 15 is 0 Å². The molecule has 0 aliphatic carbocycles. The highest BCUT2D eigenvalue weighted by Crippen LogP contribution is 2.28. The van der Waals surface area contributed by atoms with Crippen LogP contribution in [-0.4, -0.2) is 36.9 Å². The largest absolute Gasteiger partial charge is 0.481 e. The molecular weight excluding hydrogens is 268 g/mol. The molecular formula is C13H13ClN2O3. The van der Waals surface area contributed by atoms with Crippen molar-refractivity contribution in [3.63, 3.8) is 0 Å². The second-order valence-corrected chi connectivity index (χ2v) is 4.72. The molecule has 1 unspecified atom stereocenters. The van der Waals surface area contributed by atoms with E-state index in [1.54, 1.807) is 18.2 Å². The maximum Gasteiger partial charge on any atom is 0.306 e. The molecule has 0 bridgehead atoms. The average molecular weight is 281 g/mol. The lowest BCUT2D eigenvalue weighted by atomic mass is 10.1. The Labute approximate surface area is 116 Å². The number of morpholine rings is 1. The molecule has 5 nitrogen and oxygen atoms in total. The van der Waals surface area contributed by atoms with Gasteiger partial charge < -0.3 is 14.7 Å². The van der Waals surface area contributed by atoms with Gasteiger partial charge in [0.25, 0.3) is 0 Å². The Balaban J connectivity index is 2.13. The number of carboxylic acids is 1. The third kappa shape index (κ3) is 3.37. The van der Waals surface area contributed by atoms with Crippen molar-refractivity contribution in [3.05, 3.63) is 28.8 Å². The van der Waals surface area contributed by atoms with Crippen LogP contribution in [0.1, 0.15) is 12.0 Å². The van der Waals surface area contributed by atoms with E-state index < -0.39 is 5.97 Å². The second kappa shape index (κ2) is 5.91. The molecule has 100 valence electrons. The number of aliphatic carboxylic acids is 1. The molecule has 1 aliphatic rings. The summed E-state index contributed by atoms with van der Waals surface area (Å²) in [5.74, 6) is -0.877. The van der Waals surface area contributed by atoms with Crippen LogP contribution in [-0.2, 0) is 9.53 Å². The topological polar surface area (TPSA) is 73.6 Å². The van der Waals surface area contributed by atoms with Crippen LogP contribution in [0.5, 0.6) is 0 Å². The Morgan fingerprint density at radius 3 is 3.05 bits per heavy atom. The lowest BCUT2D eigenvalue weighted by molar-refractivity contribution is -0.140. The molecule has 0 saturated carbocycles. The third-order valence-electron chi connectivity index (χ3n) is 2.96. The SMILES string of the molecule is N#Cc1ccc(N2CCOC(CC(=O)O)C2)c(Cl)c1. The minimum atomic E-state index is -0.877. The van der Waals surface area contributed by atoms with Crippen LogP contribution in [0.4, 0.5) is 5.69 Å².